The predicted octanol–water partition coefficient (Wildman–Crippen LogP) is 1.80. The number of thioether (sulfide) groups is 1. The topological polar surface area (TPSA) is 55.1 Å². The number of halogens is 1. The van der Waals surface area contributed by atoms with Crippen molar-refractivity contribution in [1.82, 2.24) is 5.32 Å². The first-order valence-electron chi connectivity index (χ1n) is 4.69. The fourth-order valence-corrected chi connectivity index (χ4v) is 1.83. The summed E-state index contributed by atoms with van der Waals surface area (Å²) in [6, 6.07) is 4.09. The largest absolute Gasteiger partial charge is 0.398 e. The smallest absolute Gasteiger partial charge is 0.230 e. The third kappa shape index (κ3) is 3.94. The van der Waals surface area contributed by atoms with Gasteiger partial charge in [0.05, 0.1) is 5.75 Å². The Kier molecular flexibility index (Phi) is 4.85. The molecule has 0 atom stereocenters. The van der Waals surface area contributed by atoms with Crippen molar-refractivity contribution in [2.75, 3.05) is 18.0 Å². The summed E-state index contributed by atoms with van der Waals surface area (Å²) in [5, 5.41) is 2.62. The molecule has 0 radical (unpaired) electrons. The van der Waals surface area contributed by atoms with Gasteiger partial charge in [0.1, 0.15) is 5.82 Å². The SMILES string of the molecule is C=CCNC(=O)CSc1cc(F)ccc1N. The molecule has 0 unspecified atom stereocenters. The second-order valence-corrected chi connectivity index (χ2v) is 4.08. The molecule has 0 aliphatic heterocycles. The van der Waals surface area contributed by atoms with E-state index in [1.165, 1.54) is 30.0 Å². The minimum Gasteiger partial charge on any atom is -0.398 e. The highest BCUT2D eigenvalue weighted by Crippen LogP contribution is 2.25. The number of rotatable bonds is 5. The number of hydrogen-bond acceptors (Lipinski definition) is 3. The molecule has 0 aliphatic carbocycles. The summed E-state index contributed by atoms with van der Waals surface area (Å²) >= 11 is 1.21. The molecular formula is C11H13FN2OS. The average Bonchev–Trinajstić information content (AvgIpc) is 2.27. The van der Waals surface area contributed by atoms with Crippen LogP contribution in [0, 0.1) is 5.82 Å². The fourth-order valence-electron chi connectivity index (χ4n) is 1.01. The molecule has 3 nitrogen and oxygen atoms in total. The molecule has 1 rings (SSSR count). The lowest BCUT2D eigenvalue weighted by Gasteiger charge is -2.05. The maximum absolute atomic E-state index is 12.9. The molecule has 1 amide bonds. The van der Waals surface area contributed by atoms with Crippen molar-refractivity contribution in [3.8, 4) is 0 Å². The molecule has 3 N–H and O–H groups in total. The molecule has 0 aromatic heterocycles. The number of carbonyl (C=O) groups is 1. The van der Waals surface area contributed by atoms with Crippen LogP contribution >= 0.6 is 11.8 Å². The van der Waals surface area contributed by atoms with Crippen molar-refractivity contribution >= 4 is 23.4 Å². The van der Waals surface area contributed by atoms with Crippen LogP contribution in [0.2, 0.25) is 0 Å². The zero-order valence-electron chi connectivity index (χ0n) is 8.70. The van der Waals surface area contributed by atoms with E-state index in [1.54, 1.807) is 6.08 Å². The minimum absolute atomic E-state index is 0.131. The van der Waals surface area contributed by atoms with Gasteiger partial charge in [-0.25, -0.2) is 4.39 Å². The first kappa shape index (κ1) is 12.6. The van der Waals surface area contributed by atoms with Crippen LogP contribution in [-0.4, -0.2) is 18.2 Å². The van der Waals surface area contributed by atoms with E-state index in [0.717, 1.165) is 0 Å². The Morgan fingerprint density at radius 1 is 1.62 bits per heavy atom. The maximum atomic E-state index is 12.9. The highest BCUT2D eigenvalue weighted by molar-refractivity contribution is 8.00. The Hall–Kier alpha value is -1.49. The van der Waals surface area contributed by atoms with Crippen LogP contribution in [0.25, 0.3) is 0 Å². The lowest BCUT2D eigenvalue weighted by molar-refractivity contribution is -0.118. The van der Waals surface area contributed by atoms with Gasteiger partial charge in [0.2, 0.25) is 5.91 Å². The first-order chi connectivity index (χ1) is 7.63. The van der Waals surface area contributed by atoms with Crippen LogP contribution in [0.4, 0.5) is 10.1 Å². The summed E-state index contributed by atoms with van der Waals surface area (Å²) in [5.41, 5.74) is 6.12. The Morgan fingerprint density at radius 2 is 2.38 bits per heavy atom. The first-order valence-corrected chi connectivity index (χ1v) is 5.67. The monoisotopic (exact) mass is 240 g/mol. The van der Waals surface area contributed by atoms with Crippen LogP contribution in [0.3, 0.4) is 0 Å². The van der Waals surface area contributed by atoms with E-state index in [0.29, 0.717) is 17.1 Å². The van der Waals surface area contributed by atoms with Gasteiger partial charge in [-0.05, 0) is 18.2 Å². The van der Waals surface area contributed by atoms with E-state index in [-0.39, 0.29) is 17.5 Å². The third-order valence-corrected chi connectivity index (χ3v) is 2.85. The summed E-state index contributed by atoms with van der Waals surface area (Å²) < 4.78 is 12.9. The standard InChI is InChI=1S/C11H13FN2OS/c1-2-5-14-11(15)7-16-10-6-8(12)3-4-9(10)13/h2-4,6H,1,5,7,13H2,(H,14,15). The second-order valence-electron chi connectivity index (χ2n) is 3.06. The zero-order chi connectivity index (χ0) is 12.0. The Morgan fingerprint density at radius 3 is 3.06 bits per heavy atom. The summed E-state index contributed by atoms with van der Waals surface area (Å²) in [6.45, 7) is 3.91. The van der Waals surface area contributed by atoms with E-state index >= 15 is 0 Å². The molecule has 1 aromatic rings. The number of anilines is 1. The Balaban J connectivity index is 2.50. The molecule has 16 heavy (non-hydrogen) atoms. The van der Waals surface area contributed by atoms with Crippen molar-refractivity contribution in [1.29, 1.82) is 0 Å². The maximum Gasteiger partial charge on any atom is 0.230 e. The minimum atomic E-state index is -0.358. The van der Waals surface area contributed by atoms with E-state index in [9.17, 15) is 9.18 Å². The van der Waals surface area contributed by atoms with Gasteiger partial charge in [-0.3, -0.25) is 4.79 Å². The van der Waals surface area contributed by atoms with Crippen LogP contribution in [-0.2, 0) is 4.79 Å². The van der Waals surface area contributed by atoms with Crippen molar-refractivity contribution in [2.45, 2.75) is 4.90 Å². The zero-order valence-corrected chi connectivity index (χ0v) is 9.52. The van der Waals surface area contributed by atoms with Gasteiger partial charge in [0.25, 0.3) is 0 Å². The molecule has 0 heterocycles. The lowest BCUT2D eigenvalue weighted by Crippen LogP contribution is -2.24. The third-order valence-electron chi connectivity index (χ3n) is 1.78. The number of carbonyl (C=O) groups excluding carboxylic acids is 1. The van der Waals surface area contributed by atoms with Gasteiger partial charge in [0, 0.05) is 17.1 Å². The van der Waals surface area contributed by atoms with Crippen molar-refractivity contribution in [3.05, 3.63) is 36.7 Å². The summed E-state index contributed by atoms with van der Waals surface area (Å²) in [6.07, 6.45) is 1.60. The van der Waals surface area contributed by atoms with Gasteiger partial charge in [0.15, 0.2) is 0 Å². The van der Waals surface area contributed by atoms with Crippen molar-refractivity contribution in [2.24, 2.45) is 0 Å². The number of hydrogen-bond donors (Lipinski definition) is 2. The van der Waals surface area contributed by atoms with Crippen LogP contribution in [0.1, 0.15) is 0 Å². The number of benzene rings is 1. The quantitative estimate of drug-likeness (QED) is 0.469. The van der Waals surface area contributed by atoms with E-state index < -0.39 is 0 Å². The van der Waals surface area contributed by atoms with Crippen molar-refractivity contribution < 1.29 is 9.18 Å². The number of nitrogens with two attached hydrogens (primary N) is 1. The van der Waals surface area contributed by atoms with Gasteiger partial charge in [-0.1, -0.05) is 6.08 Å². The van der Waals surface area contributed by atoms with Gasteiger partial charge in [-0.15, -0.1) is 18.3 Å². The Bertz CT molecular complexity index is 396. The van der Waals surface area contributed by atoms with Crippen LogP contribution < -0.4 is 11.1 Å². The Labute approximate surface area is 97.9 Å². The van der Waals surface area contributed by atoms with E-state index in [2.05, 4.69) is 11.9 Å². The normalized spacial score (nSPS) is 9.81. The van der Waals surface area contributed by atoms with E-state index in [1.807, 2.05) is 0 Å². The van der Waals surface area contributed by atoms with E-state index in [4.69, 9.17) is 5.73 Å². The molecule has 86 valence electrons. The van der Waals surface area contributed by atoms with Crippen LogP contribution in [0.5, 0.6) is 0 Å². The highest BCUT2D eigenvalue weighted by atomic mass is 32.2. The molecule has 0 saturated heterocycles. The summed E-state index contributed by atoms with van der Waals surface area (Å²) in [7, 11) is 0. The predicted molar refractivity (Wildman–Crippen MR) is 64.7 cm³/mol. The lowest BCUT2D eigenvalue weighted by atomic mass is 10.3. The van der Waals surface area contributed by atoms with Gasteiger partial charge < -0.3 is 11.1 Å². The molecule has 0 spiro atoms. The second kappa shape index (κ2) is 6.17. The number of amides is 1. The average molecular weight is 240 g/mol. The fraction of sp³-hybridized carbons (Fsp3) is 0.182. The molecule has 0 bridgehead atoms. The molecule has 0 saturated carbocycles. The van der Waals surface area contributed by atoms with Crippen LogP contribution in [0.15, 0.2) is 35.7 Å². The van der Waals surface area contributed by atoms with Gasteiger partial charge in [-0.2, -0.15) is 0 Å². The van der Waals surface area contributed by atoms with Gasteiger partial charge >= 0.3 is 0 Å². The summed E-state index contributed by atoms with van der Waals surface area (Å²) in [5.74, 6) is -0.279. The molecular weight excluding hydrogens is 227 g/mol. The molecule has 0 fully saturated rings. The number of nitrogens with one attached hydrogen (secondary N) is 1. The molecule has 0 aliphatic rings. The number of nitrogen functional groups attached to an aromatic ring is 1. The molecule has 5 heteroatoms. The highest BCUT2D eigenvalue weighted by Gasteiger charge is 2.05. The summed E-state index contributed by atoms with van der Waals surface area (Å²) in [4.78, 5) is 11.8. The molecule has 1 aromatic carbocycles. The van der Waals surface area contributed by atoms with Crippen molar-refractivity contribution in [3.63, 3.8) is 0 Å².